The molecule has 4 N–H and O–H groups in total. The smallest absolute Gasteiger partial charge is 0.126 e. The zero-order chi connectivity index (χ0) is 20.1. The van der Waals surface area contributed by atoms with Gasteiger partial charge < -0.3 is 21.1 Å². The van der Waals surface area contributed by atoms with Crippen LogP contribution in [-0.4, -0.2) is 36.8 Å². The third-order valence-electron chi connectivity index (χ3n) is 6.09. The van der Waals surface area contributed by atoms with E-state index in [1.807, 2.05) is 0 Å². The first-order valence-electron chi connectivity index (χ1n) is 10.8. The van der Waals surface area contributed by atoms with Gasteiger partial charge in [-0.2, -0.15) is 0 Å². The average Bonchev–Trinajstić information content (AvgIpc) is 2.76. The Labute approximate surface area is 178 Å². The number of hydrogen-bond acceptors (Lipinski definition) is 5. The molecule has 0 atom stereocenters. The number of hydrogen-bond donors (Lipinski definition) is 3. The Bertz CT molecular complexity index is 801. The van der Waals surface area contributed by atoms with E-state index in [9.17, 15) is 0 Å². The summed E-state index contributed by atoms with van der Waals surface area (Å²) in [7, 11) is 0. The number of ether oxygens (including phenoxy) is 1. The molecule has 0 radical (unpaired) electrons. The summed E-state index contributed by atoms with van der Waals surface area (Å²) >= 11 is 6.50. The molecule has 5 nitrogen and oxygen atoms in total. The molecule has 2 heterocycles. The minimum Gasteiger partial charge on any atom is -0.385 e. The molecule has 1 saturated carbocycles. The molecule has 2 aromatic rings. The summed E-state index contributed by atoms with van der Waals surface area (Å²) < 4.78 is 5.45. The van der Waals surface area contributed by atoms with Gasteiger partial charge in [-0.25, -0.2) is 4.98 Å². The van der Waals surface area contributed by atoms with Crippen LogP contribution < -0.4 is 16.4 Å². The molecule has 2 fully saturated rings. The highest BCUT2D eigenvalue weighted by atomic mass is 35.5. The number of halogens is 1. The number of aromatic nitrogens is 1. The summed E-state index contributed by atoms with van der Waals surface area (Å²) in [5.74, 6) is 1.56. The van der Waals surface area contributed by atoms with Crippen molar-refractivity contribution in [1.29, 1.82) is 0 Å². The maximum atomic E-state index is 6.50. The van der Waals surface area contributed by atoms with E-state index in [2.05, 4.69) is 45.9 Å². The van der Waals surface area contributed by atoms with E-state index in [0.29, 0.717) is 23.0 Å². The molecule has 4 rings (SSSR count). The Kier molecular flexibility index (Phi) is 6.90. The van der Waals surface area contributed by atoms with Crippen molar-refractivity contribution in [3.8, 4) is 11.1 Å². The molecule has 1 aromatic carbocycles. The largest absolute Gasteiger partial charge is 0.385 e. The van der Waals surface area contributed by atoms with Gasteiger partial charge >= 0.3 is 0 Å². The summed E-state index contributed by atoms with van der Waals surface area (Å²) in [6.07, 6.45) is 8.32. The van der Waals surface area contributed by atoms with E-state index in [4.69, 9.17) is 22.1 Å². The molecule has 2 aliphatic rings. The predicted molar refractivity (Wildman–Crippen MR) is 121 cm³/mol. The highest BCUT2D eigenvalue weighted by Crippen LogP contribution is 2.32. The molecule has 6 heteroatoms. The lowest BCUT2D eigenvalue weighted by atomic mass is 9.92. The fraction of sp³-hybridized carbons (Fsp3) is 0.522. The molecule has 0 bridgehead atoms. The number of nitrogens with zero attached hydrogens (tertiary/aromatic N) is 1. The zero-order valence-corrected chi connectivity index (χ0v) is 17.6. The molecule has 1 aliphatic carbocycles. The Morgan fingerprint density at radius 2 is 1.86 bits per heavy atom. The van der Waals surface area contributed by atoms with Crippen LogP contribution in [0.5, 0.6) is 0 Å². The average molecular weight is 415 g/mol. The number of benzene rings is 1. The normalized spacial score (nSPS) is 23.0. The van der Waals surface area contributed by atoms with E-state index in [-0.39, 0.29) is 0 Å². The van der Waals surface area contributed by atoms with Gasteiger partial charge in [0.2, 0.25) is 0 Å². The molecule has 0 amide bonds. The molecule has 1 aromatic heterocycles. The minimum atomic E-state index is 0.346. The van der Waals surface area contributed by atoms with Gasteiger partial charge in [0, 0.05) is 49.3 Å². The quantitative estimate of drug-likeness (QED) is 0.625. The summed E-state index contributed by atoms with van der Waals surface area (Å²) in [6, 6.07) is 11.3. The number of rotatable bonds is 6. The van der Waals surface area contributed by atoms with Crippen LogP contribution in [0.3, 0.4) is 0 Å². The van der Waals surface area contributed by atoms with Crippen LogP contribution in [0.2, 0.25) is 5.02 Å². The topological polar surface area (TPSA) is 72.2 Å². The molecule has 156 valence electrons. The fourth-order valence-corrected chi connectivity index (χ4v) is 4.43. The first-order valence-corrected chi connectivity index (χ1v) is 11.1. The van der Waals surface area contributed by atoms with Crippen molar-refractivity contribution in [2.75, 3.05) is 30.4 Å². The minimum absolute atomic E-state index is 0.346. The summed E-state index contributed by atoms with van der Waals surface area (Å²) in [6.45, 7) is 2.73. The van der Waals surface area contributed by atoms with Gasteiger partial charge in [0.25, 0.3) is 0 Å². The molecular formula is C23H31ClN4O. The van der Waals surface area contributed by atoms with Crippen molar-refractivity contribution in [3.63, 3.8) is 0 Å². The fourth-order valence-electron chi connectivity index (χ4n) is 4.22. The van der Waals surface area contributed by atoms with Gasteiger partial charge in [-0.15, -0.1) is 0 Å². The zero-order valence-electron chi connectivity index (χ0n) is 16.9. The summed E-state index contributed by atoms with van der Waals surface area (Å²) in [5, 5.41) is 7.82. The molecule has 29 heavy (non-hydrogen) atoms. The van der Waals surface area contributed by atoms with Gasteiger partial charge in [0.1, 0.15) is 5.82 Å². The monoisotopic (exact) mass is 414 g/mol. The third kappa shape index (κ3) is 5.62. The Morgan fingerprint density at radius 3 is 2.66 bits per heavy atom. The second-order valence-corrected chi connectivity index (χ2v) is 8.73. The number of nitrogens with one attached hydrogen (secondary N) is 2. The highest BCUT2D eigenvalue weighted by Gasteiger charge is 2.19. The van der Waals surface area contributed by atoms with Crippen LogP contribution in [0, 0.1) is 5.92 Å². The van der Waals surface area contributed by atoms with Crippen molar-refractivity contribution >= 4 is 23.1 Å². The lowest BCUT2D eigenvalue weighted by Crippen LogP contribution is -2.33. The first-order chi connectivity index (χ1) is 14.2. The van der Waals surface area contributed by atoms with E-state index < -0.39 is 0 Å². The number of pyridine rings is 1. The van der Waals surface area contributed by atoms with E-state index in [1.165, 1.54) is 0 Å². The van der Waals surface area contributed by atoms with Crippen LogP contribution in [0.4, 0.5) is 11.5 Å². The van der Waals surface area contributed by atoms with Crippen LogP contribution in [0.15, 0.2) is 36.5 Å². The van der Waals surface area contributed by atoms with Gasteiger partial charge in [-0.1, -0.05) is 23.7 Å². The van der Waals surface area contributed by atoms with Crippen molar-refractivity contribution in [1.82, 2.24) is 4.98 Å². The van der Waals surface area contributed by atoms with Crippen LogP contribution in [0.1, 0.15) is 38.5 Å². The van der Waals surface area contributed by atoms with Crippen LogP contribution in [0.25, 0.3) is 11.1 Å². The van der Waals surface area contributed by atoms with E-state index in [1.54, 1.807) is 6.20 Å². The maximum Gasteiger partial charge on any atom is 0.126 e. The predicted octanol–water partition coefficient (Wildman–Crippen LogP) is 4.92. The van der Waals surface area contributed by atoms with Gasteiger partial charge in [0.05, 0.1) is 5.02 Å². The summed E-state index contributed by atoms with van der Waals surface area (Å²) in [5.41, 5.74) is 9.25. The molecule has 1 aliphatic heterocycles. The molecule has 0 spiro atoms. The SMILES string of the molecule is NC1CCC(Nc2cc(-c3cccc(NCC4CCOCC4)c3)c(Cl)cn2)CC1. The van der Waals surface area contributed by atoms with Crippen molar-refractivity contribution in [2.24, 2.45) is 11.7 Å². The standard InChI is InChI=1S/C23H31ClN4O/c24-22-15-27-23(28-19-6-4-18(25)5-7-19)13-21(22)17-2-1-3-20(12-17)26-14-16-8-10-29-11-9-16/h1-3,12-13,15-16,18-19,26H,4-11,14,25H2,(H,27,28). The maximum absolute atomic E-state index is 6.50. The first kappa shape index (κ1) is 20.5. The Balaban J connectivity index is 1.44. The van der Waals surface area contributed by atoms with Crippen molar-refractivity contribution in [3.05, 3.63) is 41.6 Å². The van der Waals surface area contributed by atoms with E-state index >= 15 is 0 Å². The van der Waals surface area contributed by atoms with Gasteiger partial charge in [-0.05, 0) is 68.2 Å². The van der Waals surface area contributed by atoms with Crippen LogP contribution in [-0.2, 0) is 4.74 Å². The third-order valence-corrected chi connectivity index (χ3v) is 6.39. The lowest BCUT2D eigenvalue weighted by molar-refractivity contribution is 0.0699. The molecule has 1 saturated heterocycles. The van der Waals surface area contributed by atoms with Crippen molar-refractivity contribution in [2.45, 2.75) is 50.6 Å². The van der Waals surface area contributed by atoms with Crippen molar-refractivity contribution < 1.29 is 4.74 Å². The number of nitrogens with two attached hydrogens (primary N) is 1. The highest BCUT2D eigenvalue weighted by molar-refractivity contribution is 6.33. The van der Waals surface area contributed by atoms with E-state index in [0.717, 1.165) is 80.9 Å². The lowest BCUT2D eigenvalue weighted by Gasteiger charge is -2.27. The van der Waals surface area contributed by atoms with Gasteiger partial charge in [0.15, 0.2) is 0 Å². The second kappa shape index (κ2) is 9.79. The number of anilines is 2. The van der Waals surface area contributed by atoms with Gasteiger partial charge in [-0.3, -0.25) is 0 Å². The molecule has 0 unspecified atom stereocenters. The second-order valence-electron chi connectivity index (χ2n) is 8.32. The summed E-state index contributed by atoms with van der Waals surface area (Å²) in [4.78, 5) is 4.50. The Morgan fingerprint density at radius 1 is 1.07 bits per heavy atom. The molecular weight excluding hydrogens is 384 g/mol. The van der Waals surface area contributed by atoms with Crippen LogP contribution >= 0.6 is 11.6 Å². The Hall–Kier alpha value is -1.82.